The fourth-order valence-corrected chi connectivity index (χ4v) is 3.38. The number of rotatable bonds is 3. The molecule has 1 saturated carbocycles. The Morgan fingerprint density at radius 3 is 2.67 bits per heavy atom. The maximum Gasteiger partial charge on any atom is 0.0249 e. The molecule has 15 heavy (non-hydrogen) atoms. The molecule has 2 aliphatic rings. The van der Waals surface area contributed by atoms with Gasteiger partial charge in [0.1, 0.15) is 0 Å². The first-order valence-electron chi connectivity index (χ1n) is 6.76. The monoisotopic (exact) mass is 210 g/mol. The summed E-state index contributed by atoms with van der Waals surface area (Å²) in [6.45, 7) is 5.05. The van der Waals surface area contributed by atoms with E-state index in [4.69, 9.17) is 0 Å². The minimum absolute atomic E-state index is 0.759. The van der Waals surface area contributed by atoms with Crippen LogP contribution in [0.1, 0.15) is 45.4 Å². The van der Waals surface area contributed by atoms with Crippen LogP contribution >= 0.6 is 0 Å². The molecule has 1 aliphatic carbocycles. The molecule has 2 heteroatoms. The summed E-state index contributed by atoms with van der Waals surface area (Å²) in [5.74, 6) is 0.976. The molecule has 0 aromatic carbocycles. The van der Waals surface area contributed by atoms with Gasteiger partial charge in [0, 0.05) is 18.6 Å². The second-order valence-electron chi connectivity index (χ2n) is 5.30. The van der Waals surface area contributed by atoms with Gasteiger partial charge in [-0.15, -0.1) is 0 Å². The molecule has 3 unspecified atom stereocenters. The van der Waals surface area contributed by atoms with E-state index in [0.717, 1.165) is 18.0 Å². The van der Waals surface area contributed by atoms with E-state index in [-0.39, 0.29) is 0 Å². The summed E-state index contributed by atoms with van der Waals surface area (Å²) in [6.07, 6.45) is 8.47. The molecule has 88 valence electrons. The molecule has 0 amide bonds. The highest BCUT2D eigenvalue weighted by molar-refractivity contribution is 4.90. The Bertz CT molecular complexity index is 193. The molecule has 1 aliphatic heterocycles. The first-order chi connectivity index (χ1) is 7.35. The van der Waals surface area contributed by atoms with Crippen LogP contribution in [-0.2, 0) is 0 Å². The Balaban J connectivity index is 1.90. The van der Waals surface area contributed by atoms with Crippen molar-refractivity contribution in [3.63, 3.8) is 0 Å². The highest BCUT2D eigenvalue weighted by atomic mass is 15.2. The summed E-state index contributed by atoms with van der Waals surface area (Å²) in [5.41, 5.74) is 0. The van der Waals surface area contributed by atoms with E-state index in [0.29, 0.717) is 0 Å². The van der Waals surface area contributed by atoms with Crippen molar-refractivity contribution in [1.29, 1.82) is 0 Å². The average molecular weight is 210 g/mol. The lowest BCUT2D eigenvalue weighted by Crippen LogP contribution is -2.50. The summed E-state index contributed by atoms with van der Waals surface area (Å²) in [6, 6.07) is 1.59. The van der Waals surface area contributed by atoms with E-state index in [1.165, 1.54) is 51.6 Å². The van der Waals surface area contributed by atoms with Crippen LogP contribution in [0.15, 0.2) is 0 Å². The first-order valence-corrected chi connectivity index (χ1v) is 6.76. The average Bonchev–Trinajstić information content (AvgIpc) is 2.77. The summed E-state index contributed by atoms with van der Waals surface area (Å²) in [7, 11) is 2.14. The van der Waals surface area contributed by atoms with Crippen molar-refractivity contribution < 1.29 is 0 Å². The number of hydrogen-bond acceptors (Lipinski definition) is 2. The van der Waals surface area contributed by atoms with Crippen molar-refractivity contribution in [2.45, 2.75) is 57.5 Å². The molecule has 0 aromatic rings. The molecule has 0 spiro atoms. The second-order valence-corrected chi connectivity index (χ2v) is 5.30. The van der Waals surface area contributed by atoms with Crippen LogP contribution in [0, 0.1) is 5.92 Å². The van der Waals surface area contributed by atoms with Crippen molar-refractivity contribution in [3.05, 3.63) is 0 Å². The zero-order valence-electron chi connectivity index (χ0n) is 10.3. The van der Waals surface area contributed by atoms with Crippen LogP contribution in [0.5, 0.6) is 0 Å². The van der Waals surface area contributed by atoms with Crippen LogP contribution < -0.4 is 5.32 Å². The number of hydrogen-bond donors (Lipinski definition) is 1. The maximum atomic E-state index is 3.52. The lowest BCUT2D eigenvalue weighted by Gasteiger charge is -2.38. The van der Waals surface area contributed by atoms with Gasteiger partial charge in [-0.3, -0.25) is 4.90 Å². The number of nitrogens with zero attached hydrogens (tertiary/aromatic N) is 1. The van der Waals surface area contributed by atoms with Gasteiger partial charge in [0.2, 0.25) is 0 Å². The minimum atomic E-state index is 0.759. The quantitative estimate of drug-likeness (QED) is 0.768. The molecular weight excluding hydrogens is 184 g/mol. The van der Waals surface area contributed by atoms with Gasteiger partial charge < -0.3 is 5.32 Å². The predicted octanol–water partition coefficient (Wildman–Crippen LogP) is 2.25. The van der Waals surface area contributed by atoms with E-state index >= 15 is 0 Å². The molecule has 3 atom stereocenters. The van der Waals surface area contributed by atoms with E-state index in [9.17, 15) is 0 Å². The summed E-state index contributed by atoms with van der Waals surface area (Å²) < 4.78 is 0. The molecule has 2 rings (SSSR count). The van der Waals surface area contributed by atoms with Gasteiger partial charge in [-0.25, -0.2) is 0 Å². The van der Waals surface area contributed by atoms with Gasteiger partial charge in [-0.1, -0.05) is 26.2 Å². The molecule has 2 fully saturated rings. The maximum absolute atomic E-state index is 3.52. The van der Waals surface area contributed by atoms with Crippen LogP contribution in [-0.4, -0.2) is 37.1 Å². The topological polar surface area (TPSA) is 15.3 Å². The lowest BCUT2D eigenvalue weighted by molar-refractivity contribution is 0.148. The van der Waals surface area contributed by atoms with Gasteiger partial charge in [-0.2, -0.15) is 0 Å². The van der Waals surface area contributed by atoms with Crippen molar-refractivity contribution in [2.75, 3.05) is 20.1 Å². The largest absolute Gasteiger partial charge is 0.315 e. The molecule has 1 N–H and O–H groups in total. The van der Waals surface area contributed by atoms with E-state index < -0.39 is 0 Å². The molecular formula is C13H26N2. The van der Waals surface area contributed by atoms with Gasteiger partial charge in [0.05, 0.1) is 0 Å². The standard InChI is InChI=1S/C13H26N2/c1-3-11-8-9-15(10-11)13-7-5-4-6-12(13)14-2/h11-14H,3-10H2,1-2H3. The van der Waals surface area contributed by atoms with Crippen molar-refractivity contribution in [1.82, 2.24) is 10.2 Å². The molecule has 0 aromatic heterocycles. The Morgan fingerprint density at radius 2 is 2.00 bits per heavy atom. The van der Waals surface area contributed by atoms with Crippen LogP contribution in [0.25, 0.3) is 0 Å². The van der Waals surface area contributed by atoms with Gasteiger partial charge in [0.15, 0.2) is 0 Å². The summed E-state index contributed by atoms with van der Waals surface area (Å²) in [5, 5.41) is 3.52. The van der Waals surface area contributed by atoms with Crippen LogP contribution in [0.3, 0.4) is 0 Å². The third-order valence-electron chi connectivity index (χ3n) is 4.46. The minimum Gasteiger partial charge on any atom is -0.315 e. The van der Waals surface area contributed by atoms with Gasteiger partial charge >= 0.3 is 0 Å². The normalized spacial score (nSPS) is 38.4. The Labute approximate surface area is 94.4 Å². The molecule has 1 saturated heterocycles. The smallest absolute Gasteiger partial charge is 0.0249 e. The van der Waals surface area contributed by atoms with Crippen LogP contribution in [0.2, 0.25) is 0 Å². The fraction of sp³-hybridized carbons (Fsp3) is 1.00. The Kier molecular flexibility index (Phi) is 4.04. The van der Waals surface area contributed by atoms with Gasteiger partial charge in [-0.05, 0) is 38.8 Å². The number of nitrogens with one attached hydrogen (secondary N) is 1. The van der Waals surface area contributed by atoms with E-state index in [1.807, 2.05) is 0 Å². The number of likely N-dealkylation sites (N-methyl/N-ethyl adjacent to an activating group) is 1. The molecule has 0 radical (unpaired) electrons. The molecule has 0 bridgehead atoms. The second kappa shape index (κ2) is 5.31. The summed E-state index contributed by atoms with van der Waals surface area (Å²) >= 11 is 0. The SMILES string of the molecule is CCC1CCN(C2CCCCC2NC)C1. The third-order valence-corrected chi connectivity index (χ3v) is 4.46. The predicted molar refractivity (Wildman–Crippen MR) is 65.1 cm³/mol. The number of likely N-dealkylation sites (tertiary alicyclic amines) is 1. The summed E-state index contributed by atoms with van der Waals surface area (Å²) in [4.78, 5) is 2.76. The van der Waals surface area contributed by atoms with Crippen molar-refractivity contribution in [3.8, 4) is 0 Å². The van der Waals surface area contributed by atoms with Gasteiger partial charge in [0.25, 0.3) is 0 Å². The highest BCUT2D eigenvalue weighted by Crippen LogP contribution is 2.28. The van der Waals surface area contributed by atoms with E-state index in [1.54, 1.807) is 0 Å². The zero-order chi connectivity index (χ0) is 10.7. The van der Waals surface area contributed by atoms with Crippen LogP contribution in [0.4, 0.5) is 0 Å². The van der Waals surface area contributed by atoms with Crippen molar-refractivity contribution >= 4 is 0 Å². The highest BCUT2D eigenvalue weighted by Gasteiger charge is 2.33. The first kappa shape index (κ1) is 11.4. The van der Waals surface area contributed by atoms with E-state index in [2.05, 4.69) is 24.2 Å². The Hall–Kier alpha value is -0.0800. The fourth-order valence-electron chi connectivity index (χ4n) is 3.38. The molecule has 2 nitrogen and oxygen atoms in total. The molecule has 1 heterocycles. The third kappa shape index (κ3) is 2.54. The lowest BCUT2D eigenvalue weighted by atomic mass is 9.89. The van der Waals surface area contributed by atoms with Crippen molar-refractivity contribution in [2.24, 2.45) is 5.92 Å². The zero-order valence-corrected chi connectivity index (χ0v) is 10.3. The Morgan fingerprint density at radius 1 is 1.20 bits per heavy atom.